The summed E-state index contributed by atoms with van der Waals surface area (Å²) in [7, 11) is 0. The Bertz CT molecular complexity index is 811. The van der Waals surface area contributed by atoms with Gasteiger partial charge in [-0.3, -0.25) is 9.59 Å². The average Bonchev–Trinajstić information content (AvgIpc) is 2.71. The lowest BCUT2D eigenvalue weighted by molar-refractivity contribution is -0.122. The zero-order valence-electron chi connectivity index (χ0n) is 16.5. The third-order valence-corrected chi connectivity index (χ3v) is 5.12. The highest BCUT2D eigenvalue weighted by Crippen LogP contribution is 2.20. The zero-order chi connectivity index (χ0) is 19.9. The van der Waals surface area contributed by atoms with E-state index in [-0.39, 0.29) is 17.9 Å². The minimum Gasteiger partial charge on any atom is -0.481 e. The molecule has 0 radical (unpaired) electrons. The summed E-state index contributed by atoms with van der Waals surface area (Å²) in [5.74, 6) is 0.406. The molecule has 1 aliphatic rings. The van der Waals surface area contributed by atoms with Crippen molar-refractivity contribution in [2.45, 2.75) is 58.1 Å². The van der Waals surface area contributed by atoms with Crippen LogP contribution in [0.1, 0.15) is 54.9 Å². The van der Waals surface area contributed by atoms with Crippen LogP contribution >= 0.6 is 0 Å². The van der Waals surface area contributed by atoms with E-state index in [1.54, 1.807) is 31.2 Å². The number of anilines is 1. The van der Waals surface area contributed by atoms with Crippen molar-refractivity contribution >= 4 is 17.5 Å². The highest BCUT2D eigenvalue weighted by atomic mass is 16.5. The van der Waals surface area contributed by atoms with Crippen molar-refractivity contribution in [1.82, 2.24) is 5.32 Å². The second-order valence-corrected chi connectivity index (χ2v) is 7.40. The van der Waals surface area contributed by atoms with Crippen molar-refractivity contribution in [1.29, 1.82) is 0 Å². The molecule has 0 heterocycles. The molecule has 1 aliphatic carbocycles. The zero-order valence-corrected chi connectivity index (χ0v) is 16.5. The second-order valence-electron chi connectivity index (χ2n) is 7.40. The summed E-state index contributed by atoms with van der Waals surface area (Å²) in [5, 5.41) is 5.93. The van der Waals surface area contributed by atoms with Gasteiger partial charge in [0, 0.05) is 17.3 Å². The van der Waals surface area contributed by atoms with Gasteiger partial charge in [-0.1, -0.05) is 37.5 Å². The highest BCUT2D eigenvalue weighted by molar-refractivity contribution is 5.97. The summed E-state index contributed by atoms with van der Waals surface area (Å²) in [6.45, 7) is 3.66. The first kappa shape index (κ1) is 19.9. The number of hydrogen-bond donors (Lipinski definition) is 2. The maximum atomic E-state index is 12.4. The molecule has 1 unspecified atom stereocenters. The molecule has 5 heteroatoms. The smallest absolute Gasteiger partial charge is 0.265 e. The van der Waals surface area contributed by atoms with Gasteiger partial charge in [0.2, 0.25) is 0 Å². The van der Waals surface area contributed by atoms with Crippen LogP contribution in [0.25, 0.3) is 0 Å². The number of nitrogens with one attached hydrogen (secondary N) is 2. The molecule has 1 atom stereocenters. The fraction of sp³-hybridized carbons (Fsp3) is 0.391. The molecule has 28 heavy (non-hydrogen) atoms. The molecule has 5 nitrogen and oxygen atoms in total. The van der Waals surface area contributed by atoms with Crippen LogP contribution in [0.4, 0.5) is 5.69 Å². The fourth-order valence-corrected chi connectivity index (χ4v) is 3.40. The minimum absolute atomic E-state index is 0.0546. The van der Waals surface area contributed by atoms with E-state index in [1.165, 1.54) is 19.3 Å². The van der Waals surface area contributed by atoms with E-state index in [2.05, 4.69) is 10.6 Å². The van der Waals surface area contributed by atoms with Crippen LogP contribution in [0.2, 0.25) is 0 Å². The van der Waals surface area contributed by atoms with Crippen LogP contribution in [0.3, 0.4) is 0 Å². The van der Waals surface area contributed by atoms with Gasteiger partial charge < -0.3 is 15.4 Å². The molecule has 148 valence electrons. The summed E-state index contributed by atoms with van der Waals surface area (Å²) < 4.78 is 5.75. The molecule has 2 amide bonds. The maximum absolute atomic E-state index is 12.4. The van der Waals surface area contributed by atoms with E-state index >= 15 is 0 Å². The van der Waals surface area contributed by atoms with Gasteiger partial charge in [-0.2, -0.15) is 0 Å². The van der Waals surface area contributed by atoms with Crippen molar-refractivity contribution in [3.63, 3.8) is 0 Å². The van der Waals surface area contributed by atoms with Crippen LogP contribution in [-0.4, -0.2) is 24.0 Å². The van der Waals surface area contributed by atoms with Gasteiger partial charge in [-0.15, -0.1) is 0 Å². The Morgan fingerprint density at radius 2 is 1.68 bits per heavy atom. The Hall–Kier alpha value is -2.82. The second kappa shape index (κ2) is 9.40. The predicted octanol–water partition coefficient (Wildman–Crippen LogP) is 4.46. The van der Waals surface area contributed by atoms with Gasteiger partial charge in [-0.25, -0.2) is 0 Å². The lowest BCUT2D eigenvalue weighted by atomic mass is 9.95. The summed E-state index contributed by atoms with van der Waals surface area (Å²) in [6, 6.07) is 14.8. The number of rotatable bonds is 6. The third-order valence-electron chi connectivity index (χ3n) is 5.12. The topological polar surface area (TPSA) is 67.4 Å². The fourth-order valence-electron chi connectivity index (χ4n) is 3.40. The average molecular weight is 380 g/mol. The molecule has 1 fully saturated rings. The van der Waals surface area contributed by atoms with E-state index in [0.29, 0.717) is 17.0 Å². The van der Waals surface area contributed by atoms with Gasteiger partial charge >= 0.3 is 0 Å². The van der Waals surface area contributed by atoms with E-state index in [9.17, 15) is 9.59 Å². The van der Waals surface area contributed by atoms with Crippen LogP contribution in [0.5, 0.6) is 5.75 Å². The molecule has 0 aromatic heterocycles. The monoisotopic (exact) mass is 380 g/mol. The summed E-state index contributed by atoms with van der Waals surface area (Å²) in [5.41, 5.74) is 2.22. The number of carbonyl (C=O) groups excluding carboxylic acids is 2. The van der Waals surface area contributed by atoms with Gasteiger partial charge in [0.1, 0.15) is 5.75 Å². The SMILES string of the molecule is Cc1ccccc1OC(C)C(=O)Nc1ccc(C(=O)NC2CCCCC2)cc1. The lowest BCUT2D eigenvalue weighted by Crippen LogP contribution is -2.36. The Morgan fingerprint density at radius 3 is 2.36 bits per heavy atom. The summed E-state index contributed by atoms with van der Waals surface area (Å²) in [4.78, 5) is 24.8. The number of benzene rings is 2. The van der Waals surface area contributed by atoms with E-state index in [1.807, 2.05) is 31.2 Å². The van der Waals surface area contributed by atoms with Gasteiger partial charge in [0.15, 0.2) is 6.10 Å². The Balaban J connectivity index is 1.53. The van der Waals surface area contributed by atoms with Gasteiger partial charge in [-0.05, 0) is 62.6 Å². The van der Waals surface area contributed by atoms with Crippen LogP contribution in [-0.2, 0) is 4.79 Å². The third kappa shape index (κ3) is 5.35. The molecule has 2 N–H and O–H groups in total. The summed E-state index contributed by atoms with van der Waals surface area (Å²) >= 11 is 0. The number of para-hydroxylation sites is 1. The number of amides is 2. The molecule has 1 saturated carbocycles. The van der Waals surface area contributed by atoms with E-state index in [0.717, 1.165) is 18.4 Å². The number of carbonyl (C=O) groups is 2. The summed E-state index contributed by atoms with van der Waals surface area (Å²) in [6.07, 6.45) is 5.09. The van der Waals surface area contributed by atoms with Crippen LogP contribution in [0, 0.1) is 6.92 Å². The van der Waals surface area contributed by atoms with Crippen molar-refractivity contribution in [3.8, 4) is 5.75 Å². The maximum Gasteiger partial charge on any atom is 0.265 e. The van der Waals surface area contributed by atoms with Crippen molar-refractivity contribution < 1.29 is 14.3 Å². The highest BCUT2D eigenvalue weighted by Gasteiger charge is 2.18. The molecular weight excluding hydrogens is 352 g/mol. The molecule has 0 bridgehead atoms. The normalized spacial score (nSPS) is 15.5. The van der Waals surface area contributed by atoms with Crippen LogP contribution < -0.4 is 15.4 Å². The van der Waals surface area contributed by atoms with Crippen molar-refractivity contribution in [2.75, 3.05) is 5.32 Å². The predicted molar refractivity (Wildman–Crippen MR) is 111 cm³/mol. The number of hydrogen-bond acceptors (Lipinski definition) is 3. The molecule has 0 aliphatic heterocycles. The standard InChI is InChI=1S/C23H28N2O3/c1-16-8-6-7-11-21(16)28-17(2)22(26)24-20-14-12-18(13-15-20)23(27)25-19-9-4-3-5-10-19/h6-8,11-15,17,19H,3-5,9-10H2,1-2H3,(H,24,26)(H,25,27). The van der Waals surface area contributed by atoms with Gasteiger partial charge in [0.05, 0.1) is 0 Å². The molecule has 2 aromatic rings. The molecule has 0 saturated heterocycles. The first-order chi connectivity index (χ1) is 13.5. The van der Waals surface area contributed by atoms with E-state index in [4.69, 9.17) is 4.74 Å². The largest absolute Gasteiger partial charge is 0.481 e. The van der Waals surface area contributed by atoms with Gasteiger partial charge in [0.25, 0.3) is 11.8 Å². The lowest BCUT2D eigenvalue weighted by Gasteiger charge is -2.22. The quantitative estimate of drug-likeness (QED) is 0.777. The molecule has 2 aromatic carbocycles. The molecule has 0 spiro atoms. The van der Waals surface area contributed by atoms with Crippen molar-refractivity contribution in [3.05, 3.63) is 59.7 Å². The first-order valence-corrected chi connectivity index (χ1v) is 9.97. The van der Waals surface area contributed by atoms with Crippen LogP contribution in [0.15, 0.2) is 48.5 Å². The number of ether oxygens (including phenoxy) is 1. The number of aryl methyl sites for hydroxylation is 1. The Labute approximate surface area is 166 Å². The minimum atomic E-state index is -0.629. The first-order valence-electron chi connectivity index (χ1n) is 9.97. The Kier molecular flexibility index (Phi) is 6.69. The Morgan fingerprint density at radius 1 is 1.00 bits per heavy atom. The molecular formula is C23H28N2O3. The van der Waals surface area contributed by atoms with Crippen molar-refractivity contribution in [2.24, 2.45) is 0 Å². The molecule has 3 rings (SSSR count). The van der Waals surface area contributed by atoms with E-state index < -0.39 is 6.10 Å².